The third-order valence-corrected chi connectivity index (χ3v) is 3.30. The van der Waals surface area contributed by atoms with E-state index in [1.54, 1.807) is 12.3 Å². The lowest BCUT2D eigenvalue weighted by atomic mass is 9.91. The van der Waals surface area contributed by atoms with Gasteiger partial charge in [0.2, 0.25) is 5.95 Å². The van der Waals surface area contributed by atoms with Crippen molar-refractivity contribution < 1.29 is 9.90 Å². The quantitative estimate of drug-likeness (QED) is 0.658. The molecule has 2 rings (SSSR count). The van der Waals surface area contributed by atoms with E-state index in [2.05, 4.69) is 25.9 Å². The third kappa shape index (κ3) is 3.97. The van der Waals surface area contributed by atoms with E-state index in [4.69, 9.17) is 5.11 Å². The van der Waals surface area contributed by atoms with Crippen molar-refractivity contribution in [3.63, 3.8) is 0 Å². The number of carbonyl (C=O) groups is 1. The zero-order chi connectivity index (χ0) is 13.7. The number of hydrogen-bond acceptors (Lipinski definition) is 5. The van der Waals surface area contributed by atoms with Crippen LogP contribution in [0.5, 0.6) is 0 Å². The molecule has 0 unspecified atom stereocenters. The maximum Gasteiger partial charge on any atom is 0.404 e. The second-order valence-electron chi connectivity index (χ2n) is 4.66. The molecule has 1 saturated carbocycles. The topological polar surface area (TPSA) is 99.2 Å². The van der Waals surface area contributed by atoms with Crippen LogP contribution in [0.1, 0.15) is 25.7 Å². The molecule has 0 atom stereocenters. The lowest BCUT2D eigenvalue weighted by Crippen LogP contribution is -2.39. The van der Waals surface area contributed by atoms with Crippen LogP contribution in [0.3, 0.4) is 0 Å². The summed E-state index contributed by atoms with van der Waals surface area (Å²) in [5.74, 6) is 1.39. The zero-order valence-electron chi connectivity index (χ0n) is 10.9. The molecular weight excluding hydrogens is 246 g/mol. The molecule has 19 heavy (non-hydrogen) atoms. The molecule has 1 aromatic heterocycles. The van der Waals surface area contributed by atoms with Crippen molar-refractivity contribution in [3.8, 4) is 0 Å². The number of rotatable bonds is 4. The minimum atomic E-state index is -0.943. The Bertz CT molecular complexity index is 432. The van der Waals surface area contributed by atoms with Gasteiger partial charge in [0.05, 0.1) is 0 Å². The van der Waals surface area contributed by atoms with Gasteiger partial charge in [0.1, 0.15) is 5.82 Å². The molecule has 0 radical (unpaired) electrons. The minimum absolute atomic E-state index is 0.0695. The number of hydrogen-bond donors (Lipinski definition) is 4. The zero-order valence-corrected chi connectivity index (χ0v) is 10.9. The molecule has 4 N–H and O–H groups in total. The Morgan fingerprint density at radius 2 is 2.00 bits per heavy atom. The molecule has 1 amide bonds. The molecule has 1 heterocycles. The van der Waals surface area contributed by atoms with Gasteiger partial charge in [-0.1, -0.05) is 0 Å². The summed E-state index contributed by atoms with van der Waals surface area (Å²) >= 11 is 0. The summed E-state index contributed by atoms with van der Waals surface area (Å²) in [7, 11) is 1.81. The van der Waals surface area contributed by atoms with Crippen LogP contribution in [0, 0.1) is 0 Å². The third-order valence-electron chi connectivity index (χ3n) is 3.30. The summed E-state index contributed by atoms with van der Waals surface area (Å²) in [6, 6.07) is 2.18. The van der Waals surface area contributed by atoms with Gasteiger partial charge in [-0.15, -0.1) is 0 Å². The van der Waals surface area contributed by atoms with Gasteiger partial charge in [-0.3, -0.25) is 0 Å². The second kappa shape index (κ2) is 6.21. The van der Waals surface area contributed by atoms with E-state index in [1.165, 1.54) is 0 Å². The Balaban J connectivity index is 1.83. The monoisotopic (exact) mass is 265 g/mol. The van der Waals surface area contributed by atoms with Crippen LogP contribution in [0.2, 0.25) is 0 Å². The van der Waals surface area contributed by atoms with Crippen LogP contribution in [0.4, 0.5) is 16.6 Å². The Morgan fingerprint density at radius 3 is 2.63 bits per heavy atom. The smallest absolute Gasteiger partial charge is 0.404 e. The molecule has 1 aromatic rings. The fraction of sp³-hybridized carbons (Fsp3) is 0.583. The number of nitrogens with zero attached hydrogens (tertiary/aromatic N) is 2. The highest BCUT2D eigenvalue weighted by Gasteiger charge is 2.22. The van der Waals surface area contributed by atoms with Gasteiger partial charge in [0.15, 0.2) is 0 Å². The highest BCUT2D eigenvalue weighted by molar-refractivity contribution is 5.64. The molecule has 0 aliphatic heterocycles. The largest absolute Gasteiger partial charge is 0.465 e. The molecular formula is C12H19N5O2. The molecule has 0 aromatic carbocycles. The molecule has 0 saturated heterocycles. The van der Waals surface area contributed by atoms with Crippen molar-refractivity contribution >= 4 is 17.9 Å². The van der Waals surface area contributed by atoms with Crippen LogP contribution in [0.15, 0.2) is 12.3 Å². The summed E-state index contributed by atoms with van der Waals surface area (Å²) in [4.78, 5) is 19.0. The lowest BCUT2D eigenvalue weighted by molar-refractivity contribution is 0.185. The van der Waals surface area contributed by atoms with Gasteiger partial charge in [0.25, 0.3) is 0 Å². The van der Waals surface area contributed by atoms with Gasteiger partial charge in [-0.25, -0.2) is 9.78 Å². The highest BCUT2D eigenvalue weighted by Crippen LogP contribution is 2.21. The number of amides is 1. The Morgan fingerprint density at radius 1 is 1.32 bits per heavy atom. The summed E-state index contributed by atoms with van der Waals surface area (Å²) in [5.41, 5.74) is 0. The maximum absolute atomic E-state index is 10.6. The summed E-state index contributed by atoms with van der Waals surface area (Å²) in [6.07, 6.45) is 4.28. The molecule has 1 aliphatic carbocycles. The number of nitrogens with one attached hydrogen (secondary N) is 3. The van der Waals surface area contributed by atoms with Crippen LogP contribution in [-0.2, 0) is 0 Å². The van der Waals surface area contributed by atoms with E-state index in [9.17, 15) is 4.79 Å². The van der Waals surface area contributed by atoms with Crippen LogP contribution < -0.4 is 16.0 Å². The van der Waals surface area contributed by atoms with Gasteiger partial charge >= 0.3 is 6.09 Å². The van der Waals surface area contributed by atoms with E-state index < -0.39 is 6.09 Å². The summed E-state index contributed by atoms with van der Waals surface area (Å²) in [6.45, 7) is 0. The lowest BCUT2D eigenvalue weighted by Gasteiger charge is -2.28. The van der Waals surface area contributed by atoms with Crippen molar-refractivity contribution in [1.29, 1.82) is 0 Å². The Hall–Kier alpha value is -2.05. The Kier molecular flexibility index (Phi) is 4.38. The van der Waals surface area contributed by atoms with Gasteiger partial charge in [-0.05, 0) is 31.7 Å². The van der Waals surface area contributed by atoms with Crippen molar-refractivity contribution in [2.24, 2.45) is 0 Å². The van der Waals surface area contributed by atoms with Crippen LogP contribution in [0.25, 0.3) is 0 Å². The van der Waals surface area contributed by atoms with Crippen LogP contribution in [-0.4, -0.2) is 40.3 Å². The summed E-state index contributed by atoms with van der Waals surface area (Å²) < 4.78 is 0. The first-order chi connectivity index (χ1) is 9.17. The molecule has 0 spiro atoms. The normalized spacial score (nSPS) is 22.6. The molecule has 1 aliphatic rings. The van der Waals surface area contributed by atoms with E-state index >= 15 is 0 Å². The van der Waals surface area contributed by atoms with Crippen molar-refractivity contribution in [2.75, 3.05) is 17.7 Å². The predicted molar refractivity (Wildman–Crippen MR) is 72.4 cm³/mol. The average molecular weight is 265 g/mol. The fourth-order valence-electron chi connectivity index (χ4n) is 2.31. The number of aromatic nitrogens is 2. The van der Waals surface area contributed by atoms with E-state index in [0.29, 0.717) is 12.0 Å². The SMILES string of the molecule is CNc1ccnc(NC2CCC(NC(=O)O)CC2)n1. The average Bonchev–Trinajstić information content (AvgIpc) is 2.41. The van der Waals surface area contributed by atoms with Crippen molar-refractivity contribution in [2.45, 2.75) is 37.8 Å². The minimum Gasteiger partial charge on any atom is -0.465 e. The number of carboxylic acid groups (broad SMARTS) is 1. The van der Waals surface area contributed by atoms with Crippen molar-refractivity contribution in [1.82, 2.24) is 15.3 Å². The van der Waals surface area contributed by atoms with Crippen molar-refractivity contribution in [3.05, 3.63) is 12.3 Å². The highest BCUT2D eigenvalue weighted by atomic mass is 16.4. The summed E-state index contributed by atoms with van der Waals surface area (Å²) in [5, 5.41) is 17.5. The number of anilines is 2. The molecule has 0 bridgehead atoms. The predicted octanol–water partition coefficient (Wildman–Crippen LogP) is 1.51. The molecule has 1 fully saturated rings. The van der Waals surface area contributed by atoms with Gasteiger partial charge < -0.3 is 21.1 Å². The van der Waals surface area contributed by atoms with E-state index in [-0.39, 0.29) is 6.04 Å². The first-order valence-corrected chi connectivity index (χ1v) is 6.44. The standard InChI is InChI=1S/C12H19N5O2/c1-13-10-6-7-14-11(17-10)15-8-2-4-9(5-3-8)16-12(18)19/h6-9,16H,2-5H2,1H3,(H,18,19)(H2,13,14,15,17). The van der Waals surface area contributed by atoms with Gasteiger partial charge in [0, 0.05) is 25.3 Å². The van der Waals surface area contributed by atoms with E-state index in [0.717, 1.165) is 31.5 Å². The first-order valence-electron chi connectivity index (χ1n) is 6.44. The molecule has 104 valence electrons. The van der Waals surface area contributed by atoms with Gasteiger partial charge in [-0.2, -0.15) is 4.98 Å². The maximum atomic E-state index is 10.6. The molecule has 7 heteroatoms. The second-order valence-corrected chi connectivity index (χ2v) is 4.66. The first kappa shape index (κ1) is 13.4. The Labute approximate surface area is 111 Å². The van der Waals surface area contributed by atoms with E-state index in [1.807, 2.05) is 7.05 Å². The van der Waals surface area contributed by atoms with Crippen LogP contribution >= 0.6 is 0 Å². The fourth-order valence-corrected chi connectivity index (χ4v) is 2.31. The molecule has 7 nitrogen and oxygen atoms in total.